The number of esters is 1. The topological polar surface area (TPSA) is 88.8 Å². The Morgan fingerprint density at radius 1 is 1.33 bits per heavy atom. The van der Waals surface area contributed by atoms with Crippen LogP contribution in [0.1, 0.15) is 61.2 Å². The molecule has 2 aliphatic heterocycles. The summed E-state index contributed by atoms with van der Waals surface area (Å²) in [6, 6.07) is 1.56. The SMILES string of the molecule is COC(=O)C1CC2(CCN(C(=O)c3c(C)cc(CCC(C)C)oc3=O)CC2)CN1.Cl. The van der Waals surface area contributed by atoms with E-state index in [9.17, 15) is 14.4 Å². The van der Waals surface area contributed by atoms with Crippen molar-refractivity contribution in [3.8, 4) is 0 Å². The zero-order chi connectivity index (χ0) is 21.2. The van der Waals surface area contributed by atoms with Crippen LogP contribution in [0, 0.1) is 18.3 Å². The number of carbonyl (C=O) groups excluding carboxylic acids is 2. The highest BCUT2D eigenvalue weighted by Gasteiger charge is 2.44. The number of halogens is 1. The van der Waals surface area contributed by atoms with Crippen molar-refractivity contribution in [3.63, 3.8) is 0 Å². The van der Waals surface area contributed by atoms with Crippen molar-refractivity contribution in [2.24, 2.45) is 11.3 Å². The minimum Gasteiger partial charge on any atom is -0.468 e. The highest BCUT2D eigenvalue weighted by Crippen LogP contribution is 2.39. The van der Waals surface area contributed by atoms with Crippen LogP contribution in [0.2, 0.25) is 0 Å². The molecule has 2 fully saturated rings. The van der Waals surface area contributed by atoms with Gasteiger partial charge in [0, 0.05) is 26.1 Å². The Kier molecular flexibility index (Phi) is 8.11. The molecule has 2 aliphatic rings. The van der Waals surface area contributed by atoms with E-state index in [1.165, 1.54) is 7.11 Å². The van der Waals surface area contributed by atoms with Gasteiger partial charge in [-0.05, 0) is 55.6 Å². The van der Waals surface area contributed by atoms with Gasteiger partial charge in [-0.2, -0.15) is 0 Å². The zero-order valence-corrected chi connectivity index (χ0v) is 19.1. The molecule has 1 unspecified atom stereocenters. The molecule has 0 aromatic carbocycles. The highest BCUT2D eigenvalue weighted by molar-refractivity contribution is 5.95. The molecule has 30 heavy (non-hydrogen) atoms. The Labute approximate surface area is 183 Å². The summed E-state index contributed by atoms with van der Waals surface area (Å²) in [5.74, 6) is 0.677. The Hall–Kier alpha value is -1.86. The molecule has 0 saturated carbocycles. The van der Waals surface area contributed by atoms with E-state index in [2.05, 4.69) is 19.2 Å². The second kappa shape index (κ2) is 9.96. The van der Waals surface area contributed by atoms with Crippen LogP contribution in [0.5, 0.6) is 0 Å². The maximum absolute atomic E-state index is 13.0. The average molecular weight is 441 g/mol. The van der Waals surface area contributed by atoms with Gasteiger partial charge in [0.2, 0.25) is 0 Å². The van der Waals surface area contributed by atoms with Crippen molar-refractivity contribution in [2.75, 3.05) is 26.7 Å². The smallest absolute Gasteiger partial charge is 0.349 e. The lowest BCUT2D eigenvalue weighted by Gasteiger charge is -2.39. The first-order valence-corrected chi connectivity index (χ1v) is 10.5. The van der Waals surface area contributed by atoms with Crippen LogP contribution < -0.4 is 10.9 Å². The van der Waals surface area contributed by atoms with E-state index in [4.69, 9.17) is 9.15 Å². The molecule has 0 radical (unpaired) electrons. The van der Waals surface area contributed by atoms with Crippen molar-refractivity contribution in [3.05, 3.63) is 33.4 Å². The van der Waals surface area contributed by atoms with Crippen LogP contribution in [-0.2, 0) is 16.0 Å². The summed E-state index contributed by atoms with van der Waals surface area (Å²) >= 11 is 0. The van der Waals surface area contributed by atoms with Gasteiger partial charge < -0.3 is 19.4 Å². The summed E-state index contributed by atoms with van der Waals surface area (Å²) < 4.78 is 10.3. The number of nitrogens with one attached hydrogen (secondary N) is 1. The monoisotopic (exact) mass is 440 g/mol. The van der Waals surface area contributed by atoms with Gasteiger partial charge in [0.05, 0.1) is 7.11 Å². The molecule has 0 aliphatic carbocycles. The predicted molar refractivity (Wildman–Crippen MR) is 116 cm³/mol. The molecule has 3 heterocycles. The normalized spacial score (nSPS) is 20.3. The number of nitrogens with zero attached hydrogens (tertiary/aromatic N) is 1. The molecule has 2 saturated heterocycles. The van der Waals surface area contributed by atoms with Crippen molar-refractivity contribution in [1.29, 1.82) is 0 Å². The molecule has 1 amide bonds. The summed E-state index contributed by atoms with van der Waals surface area (Å²) in [6.45, 7) is 7.94. The third-order valence-corrected chi connectivity index (χ3v) is 6.34. The molecule has 1 aromatic rings. The van der Waals surface area contributed by atoms with Crippen molar-refractivity contribution < 1.29 is 18.7 Å². The number of carbonyl (C=O) groups is 2. The molecule has 1 spiro atoms. The van der Waals surface area contributed by atoms with Gasteiger partial charge in [0.25, 0.3) is 5.91 Å². The lowest BCUT2D eigenvalue weighted by Crippen LogP contribution is -2.45. The van der Waals surface area contributed by atoms with Crippen LogP contribution in [0.3, 0.4) is 0 Å². The van der Waals surface area contributed by atoms with Gasteiger partial charge in [-0.15, -0.1) is 12.4 Å². The first-order chi connectivity index (χ1) is 13.7. The lowest BCUT2D eigenvalue weighted by atomic mass is 9.76. The number of ether oxygens (including phenoxy) is 1. The van der Waals surface area contributed by atoms with E-state index < -0.39 is 5.63 Å². The minimum absolute atomic E-state index is 0. The number of methoxy groups -OCH3 is 1. The third kappa shape index (κ3) is 5.24. The molecular weight excluding hydrogens is 408 g/mol. The standard InChI is InChI=1S/C22H32N2O5.ClH/c1-14(2)5-6-16-11-15(3)18(21(27)29-16)19(25)24-9-7-22(8-10-24)12-17(23-13-22)20(26)28-4;/h11,14,17,23H,5-10,12-13H2,1-4H3;1H. The fourth-order valence-corrected chi connectivity index (χ4v) is 4.43. The summed E-state index contributed by atoms with van der Waals surface area (Å²) in [5.41, 5.74) is 0.294. The number of aryl methyl sites for hydroxylation is 2. The number of hydrogen-bond donors (Lipinski definition) is 1. The predicted octanol–water partition coefficient (Wildman–Crippen LogP) is 2.72. The quantitative estimate of drug-likeness (QED) is 0.708. The molecular formula is C22H33ClN2O5. The van der Waals surface area contributed by atoms with Crippen LogP contribution in [0.25, 0.3) is 0 Å². The Balaban J connectivity index is 0.00000320. The number of amides is 1. The van der Waals surface area contributed by atoms with Crippen LogP contribution in [0.4, 0.5) is 0 Å². The lowest BCUT2D eigenvalue weighted by molar-refractivity contribution is -0.142. The first-order valence-electron chi connectivity index (χ1n) is 10.5. The fourth-order valence-electron chi connectivity index (χ4n) is 4.43. The number of likely N-dealkylation sites (tertiary alicyclic amines) is 1. The molecule has 8 heteroatoms. The van der Waals surface area contributed by atoms with E-state index in [1.54, 1.807) is 11.8 Å². The van der Waals surface area contributed by atoms with Crippen molar-refractivity contribution in [1.82, 2.24) is 10.2 Å². The Morgan fingerprint density at radius 2 is 2.00 bits per heavy atom. The van der Waals surface area contributed by atoms with Gasteiger partial charge >= 0.3 is 11.6 Å². The number of hydrogen-bond acceptors (Lipinski definition) is 6. The Bertz CT molecular complexity index is 827. The van der Waals surface area contributed by atoms with E-state index in [0.717, 1.165) is 32.2 Å². The highest BCUT2D eigenvalue weighted by atomic mass is 35.5. The average Bonchev–Trinajstić information content (AvgIpc) is 3.09. The minimum atomic E-state index is -0.540. The van der Waals surface area contributed by atoms with E-state index in [1.807, 2.05) is 6.07 Å². The van der Waals surface area contributed by atoms with E-state index in [0.29, 0.717) is 36.8 Å². The summed E-state index contributed by atoms with van der Waals surface area (Å²) in [6.07, 6.45) is 3.97. The molecule has 168 valence electrons. The molecule has 1 atom stereocenters. The molecule has 0 bridgehead atoms. The van der Waals surface area contributed by atoms with Gasteiger partial charge in [-0.1, -0.05) is 13.8 Å². The molecule has 3 rings (SSSR count). The second-order valence-corrected chi connectivity index (χ2v) is 8.94. The van der Waals surface area contributed by atoms with Crippen molar-refractivity contribution >= 4 is 24.3 Å². The molecule has 1 N–H and O–H groups in total. The van der Waals surface area contributed by atoms with Gasteiger partial charge in [-0.3, -0.25) is 9.59 Å². The van der Waals surface area contributed by atoms with E-state index in [-0.39, 0.29) is 41.3 Å². The number of piperidine rings is 1. The maximum atomic E-state index is 13.0. The van der Waals surface area contributed by atoms with Crippen LogP contribution in [-0.4, -0.2) is 49.6 Å². The van der Waals surface area contributed by atoms with Crippen LogP contribution >= 0.6 is 12.4 Å². The fraction of sp³-hybridized carbons (Fsp3) is 0.682. The summed E-state index contributed by atoms with van der Waals surface area (Å²) in [4.78, 5) is 39.1. The zero-order valence-electron chi connectivity index (χ0n) is 18.3. The maximum Gasteiger partial charge on any atom is 0.349 e. The van der Waals surface area contributed by atoms with E-state index >= 15 is 0 Å². The third-order valence-electron chi connectivity index (χ3n) is 6.34. The molecule has 7 nitrogen and oxygen atoms in total. The van der Waals surface area contributed by atoms with Gasteiger partial charge in [0.1, 0.15) is 17.4 Å². The Morgan fingerprint density at radius 3 is 2.57 bits per heavy atom. The summed E-state index contributed by atoms with van der Waals surface area (Å²) in [5, 5.41) is 3.24. The molecule has 1 aromatic heterocycles. The first kappa shape index (κ1) is 24.4. The largest absolute Gasteiger partial charge is 0.468 e. The summed E-state index contributed by atoms with van der Waals surface area (Å²) in [7, 11) is 1.40. The van der Waals surface area contributed by atoms with Crippen molar-refractivity contribution in [2.45, 2.75) is 58.9 Å². The number of rotatable bonds is 5. The van der Waals surface area contributed by atoms with Crippen LogP contribution in [0.15, 0.2) is 15.3 Å². The van der Waals surface area contributed by atoms with Gasteiger partial charge in [0.15, 0.2) is 0 Å². The van der Waals surface area contributed by atoms with Gasteiger partial charge in [-0.25, -0.2) is 4.79 Å². The second-order valence-electron chi connectivity index (χ2n) is 8.94.